The van der Waals surface area contributed by atoms with Gasteiger partial charge in [0, 0.05) is 37.2 Å². The number of piperidine rings is 1. The monoisotopic (exact) mass is 621 g/mol. The number of hydrogen-bond acceptors (Lipinski definition) is 6. The van der Waals surface area contributed by atoms with Crippen LogP contribution in [0.25, 0.3) is 10.8 Å². The van der Waals surface area contributed by atoms with Crippen LogP contribution in [0.4, 0.5) is 0 Å². The zero-order valence-electron chi connectivity index (χ0n) is 24.2. The number of nitrogens with zero attached hydrogens (tertiary/aromatic N) is 4. The Morgan fingerprint density at radius 2 is 1.77 bits per heavy atom. The van der Waals surface area contributed by atoms with E-state index in [0.29, 0.717) is 27.2 Å². The molecule has 0 bridgehead atoms. The van der Waals surface area contributed by atoms with Gasteiger partial charge in [-0.2, -0.15) is 5.26 Å². The third-order valence-electron chi connectivity index (χ3n) is 8.62. The molecule has 3 aromatic carbocycles. The number of carbonyl (C=O) groups is 2. The van der Waals surface area contributed by atoms with E-state index in [2.05, 4.69) is 15.9 Å². The van der Waals surface area contributed by atoms with Crippen molar-refractivity contribution in [3.8, 4) is 6.07 Å². The van der Waals surface area contributed by atoms with Gasteiger partial charge in [0.15, 0.2) is 0 Å². The number of fused-ring (bicyclic) bond motifs is 1. The van der Waals surface area contributed by atoms with Crippen molar-refractivity contribution in [2.75, 3.05) is 59.0 Å². The number of likely N-dealkylation sites (tertiary alicyclic amines) is 1. The van der Waals surface area contributed by atoms with Gasteiger partial charge in [0.05, 0.1) is 41.4 Å². The molecule has 1 unspecified atom stereocenters. The second-order valence-corrected chi connectivity index (χ2v) is 12.2. The summed E-state index contributed by atoms with van der Waals surface area (Å²) in [5.74, 6) is -1.07. The van der Waals surface area contributed by atoms with Gasteiger partial charge in [0.2, 0.25) is 5.91 Å². The van der Waals surface area contributed by atoms with E-state index in [4.69, 9.17) is 33.7 Å². The Labute approximate surface area is 262 Å². The summed E-state index contributed by atoms with van der Waals surface area (Å²) in [6.45, 7) is 6.49. The van der Waals surface area contributed by atoms with E-state index in [1.807, 2.05) is 36.4 Å². The van der Waals surface area contributed by atoms with Crippen LogP contribution in [0.15, 0.2) is 54.6 Å². The average molecular weight is 623 g/mol. The number of nitriles is 1. The third-order valence-corrected chi connectivity index (χ3v) is 9.36. The van der Waals surface area contributed by atoms with Gasteiger partial charge in [-0.05, 0) is 79.5 Å². The molecule has 0 radical (unpaired) electrons. The topological polar surface area (TPSA) is 103 Å². The quantitative estimate of drug-likeness (QED) is 0.345. The minimum Gasteiger partial charge on any atom is -0.379 e. The second kappa shape index (κ2) is 14.5. The Morgan fingerprint density at radius 1 is 1.02 bits per heavy atom. The minimum atomic E-state index is -0.604. The normalized spacial score (nSPS) is 17.4. The van der Waals surface area contributed by atoms with E-state index in [-0.39, 0.29) is 24.9 Å². The molecule has 1 atom stereocenters. The van der Waals surface area contributed by atoms with Crippen LogP contribution in [0, 0.1) is 11.3 Å². The van der Waals surface area contributed by atoms with Crippen molar-refractivity contribution in [3.63, 3.8) is 0 Å². The lowest BCUT2D eigenvalue weighted by atomic mass is 9.93. The second-order valence-electron chi connectivity index (χ2n) is 11.4. The van der Waals surface area contributed by atoms with Crippen LogP contribution in [-0.4, -0.2) is 91.6 Å². The largest absolute Gasteiger partial charge is 0.379 e. The fourth-order valence-corrected chi connectivity index (χ4v) is 6.62. The van der Waals surface area contributed by atoms with Crippen LogP contribution < -0.4 is 5.73 Å². The number of nitrogens with two attached hydrogens (primary N) is 1. The summed E-state index contributed by atoms with van der Waals surface area (Å²) >= 11 is 12.7. The third kappa shape index (κ3) is 7.86. The molecule has 10 heteroatoms. The summed E-state index contributed by atoms with van der Waals surface area (Å²) in [7, 11) is 0. The SMILES string of the molecule is N#Cc1cc(C(=O)N(CC(N)=O)CC(CCN2CCC(N3CCOCC3)CC2)c2ccc(Cl)c(Cl)c2)c2ccccc2c1. The lowest BCUT2D eigenvalue weighted by Crippen LogP contribution is -2.49. The van der Waals surface area contributed by atoms with Crippen molar-refractivity contribution in [2.45, 2.75) is 31.2 Å². The molecular weight excluding hydrogens is 585 g/mol. The number of rotatable bonds is 10. The molecular formula is C33H37Cl2N5O3. The van der Waals surface area contributed by atoms with Crippen molar-refractivity contribution >= 4 is 45.8 Å². The van der Waals surface area contributed by atoms with Crippen molar-refractivity contribution in [3.05, 3.63) is 81.3 Å². The Hall–Kier alpha value is -3.19. The highest BCUT2D eigenvalue weighted by Crippen LogP contribution is 2.31. The number of ether oxygens (including phenoxy) is 1. The van der Waals surface area contributed by atoms with Crippen LogP contribution in [0.1, 0.15) is 46.7 Å². The Morgan fingerprint density at radius 3 is 2.47 bits per heavy atom. The number of carbonyl (C=O) groups excluding carboxylic acids is 2. The van der Waals surface area contributed by atoms with E-state index in [1.54, 1.807) is 18.2 Å². The van der Waals surface area contributed by atoms with E-state index in [0.717, 1.165) is 81.5 Å². The predicted octanol–water partition coefficient (Wildman–Crippen LogP) is 4.92. The van der Waals surface area contributed by atoms with Crippen LogP contribution in [0.3, 0.4) is 0 Å². The van der Waals surface area contributed by atoms with Gasteiger partial charge >= 0.3 is 0 Å². The summed E-state index contributed by atoms with van der Waals surface area (Å²) in [6.07, 6.45) is 2.99. The molecule has 2 heterocycles. The predicted molar refractivity (Wildman–Crippen MR) is 169 cm³/mol. The molecule has 0 spiro atoms. The molecule has 43 heavy (non-hydrogen) atoms. The molecule has 0 aliphatic carbocycles. The van der Waals surface area contributed by atoms with Gasteiger partial charge < -0.3 is 20.3 Å². The molecule has 2 fully saturated rings. The summed E-state index contributed by atoms with van der Waals surface area (Å²) in [6, 6.07) is 19.1. The molecule has 0 saturated carbocycles. The first-order valence-electron chi connectivity index (χ1n) is 14.8. The first-order chi connectivity index (χ1) is 20.8. The Bertz CT molecular complexity index is 1500. The Balaban J connectivity index is 1.36. The molecule has 5 rings (SSSR count). The van der Waals surface area contributed by atoms with Crippen LogP contribution in [0.2, 0.25) is 10.0 Å². The highest BCUT2D eigenvalue weighted by Gasteiger charge is 2.28. The molecule has 0 aromatic heterocycles. The lowest BCUT2D eigenvalue weighted by molar-refractivity contribution is -0.118. The zero-order valence-corrected chi connectivity index (χ0v) is 25.7. The van der Waals surface area contributed by atoms with Crippen molar-refractivity contribution in [1.29, 1.82) is 5.26 Å². The van der Waals surface area contributed by atoms with Gasteiger partial charge in [-0.25, -0.2) is 0 Å². The number of benzene rings is 3. The number of morpholine rings is 1. The van der Waals surface area contributed by atoms with E-state index in [1.165, 1.54) is 4.90 Å². The van der Waals surface area contributed by atoms with Crippen molar-refractivity contribution in [2.24, 2.45) is 5.73 Å². The highest BCUT2D eigenvalue weighted by atomic mass is 35.5. The summed E-state index contributed by atoms with van der Waals surface area (Å²) in [5.41, 5.74) is 7.35. The number of hydrogen-bond donors (Lipinski definition) is 1. The maximum Gasteiger partial charge on any atom is 0.255 e. The maximum absolute atomic E-state index is 14.1. The summed E-state index contributed by atoms with van der Waals surface area (Å²) in [5, 5.41) is 12.0. The molecule has 226 valence electrons. The molecule has 2 aliphatic heterocycles. The van der Waals surface area contributed by atoms with Gasteiger partial charge in [-0.3, -0.25) is 14.5 Å². The van der Waals surface area contributed by atoms with Crippen LogP contribution in [0.5, 0.6) is 0 Å². The van der Waals surface area contributed by atoms with Crippen LogP contribution >= 0.6 is 23.2 Å². The van der Waals surface area contributed by atoms with Crippen molar-refractivity contribution in [1.82, 2.24) is 14.7 Å². The standard InChI is InChI=1S/C33H37Cl2N5O3/c34-30-6-5-24(19-31(30)35)26(7-10-38-11-8-27(9-12-38)39-13-15-43-16-14-39)21-40(22-32(37)41)33(42)29-18-23(20-36)17-25-3-1-2-4-28(25)29/h1-6,17-19,26-27H,7-16,21-22H2,(H2,37,41). The molecule has 2 aliphatic rings. The molecule has 2 N–H and O–H groups in total. The van der Waals surface area contributed by atoms with Gasteiger partial charge in [-0.1, -0.05) is 53.5 Å². The van der Waals surface area contributed by atoms with Crippen molar-refractivity contribution < 1.29 is 14.3 Å². The lowest BCUT2D eigenvalue weighted by Gasteiger charge is -2.40. The van der Waals surface area contributed by atoms with E-state index >= 15 is 0 Å². The van der Waals surface area contributed by atoms with Gasteiger partial charge in [-0.15, -0.1) is 0 Å². The van der Waals surface area contributed by atoms with E-state index in [9.17, 15) is 14.9 Å². The minimum absolute atomic E-state index is 0.125. The molecule has 2 saturated heterocycles. The van der Waals surface area contributed by atoms with Gasteiger partial charge in [0.25, 0.3) is 5.91 Å². The average Bonchev–Trinajstić information content (AvgIpc) is 3.03. The molecule has 8 nitrogen and oxygen atoms in total. The first-order valence-corrected chi connectivity index (χ1v) is 15.6. The van der Waals surface area contributed by atoms with Crippen LogP contribution in [-0.2, 0) is 9.53 Å². The number of amides is 2. The fourth-order valence-electron chi connectivity index (χ4n) is 6.31. The van der Waals surface area contributed by atoms with Gasteiger partial charge in [0.1, 0.15) is 0 Å². The summed E-state index contributed by atoms with van der Waals surface area (Å²) < 4.78 is 5.53. The smallest absolute Gasteiger partial charge is 0.255 e. The highest BCUT2D eigenvalue weighted by molar-refractivity contribution is 6.42. The summed E-state index contributed by atoms with van der Waals surface area (Å²) in [4.78, 5) is 32.8. The number of halogens is 2. The molecule has 2 amide bonds. The Kier molecular flexibility index (Phi) is 10.6. The zero-order chi connectivity index (χ0) is 30.3. The molecule has 3 aromatic rings. The fraction of sp³-hybridized carbons (Fsp3) is 0.424. The van der Waals surface area contributed by atoms with E-state index < -0.39 is 5.91 Å². The first kappa shape index (κ1) is 31.2. The maximum atomic E-state index is 14.1. The number of primary amides is 1.